The van der Waals surface area contributed by atoms with Gasteiger partial charge in [0.05, 0.1) is 29.0 Å². The molecule has 26 heavy (non-hydrogen) atoms. The third kappa shape index (κ3) is 2.94. The van der Waals surface area contributed by atoms with Gasteiger partial charge in [-0.3, -0.25) is 4.98 Å². The van der Waals surface area contributed by atoms with Crippen molar-refractivity contribution in [3.05, 3.63) is 89.9 Å². The zero-order valence-corrected chi connectivity index (χ0v) is 14.1. The molecule has 2 aromatic carbocycles. The second-order valence-electron chi connectivity index (χ2n) is 6.13. The van der Waals surface area contributed by atoms with Crippen LogP contribution in [0.3, 0.4) is 0 Å². The summed E-state index contributed by atoms with van der Waals surface area (Å²) in [7, 11) is 0. The summed E-state index contributed by atoms with van der Waals surface area (Å²) in [6.07, 6.45) is 4.20. The predicted octanol–water partition coefficient (Wildman–Crippen LogP) is 3.53. The maximum atomic E-state index is 9.08. The van der Waals surface area contributed by atoms with Crippen LogP contribution in [0, 0.1) is 11.3 Å². The van der Waals surface area contributed by atoms with Crippen LogP contribution in [0.25, 0.3) is 16.6 Å². The summed E-state index contributed by atoms with van der Waals surface area (Å²) in [6, 6.07) is 21.4. The van der Waals surface area contributed by atoms with Crippen molar-refractivity contribution >= 4 is 10.9 Å². The highest BCUT2D eigenvalue weighted by Crippen LogP contribution is 2.26. The van der Waals surface area contributed by atoms with Crippen LogP contribution in [0.5, 0.6) is 0 Å². The maximum Gasteiger partial charge on any atom is 0.0991 e. The number of hydrogen-bond donors (Lipinski definition) is 1. The topological polar surface area (TPSA) is 80.5 Å². The summed E-state index contributed by atoms with van der Waals surface area (Å²) in [4.78, 5) is 4.37. The molecule has 2 heterocycles. The number of fused-ring (bicyclic) bond motifs is 1. The molecule has 5 heteroatoms. The molecule has 0 spiro atoms. The Morgan fingerprint density at radius 1 is 1.08 bits per heavy atom. The molecule has 2 aromatic heterocycles. The Morgan fingerprint density at radius 2 is 1.92 bits per heavy atom. The molecule has 0 aliphatic rings. The molecule has 126 valence electrons. The van der Waals surface area contributed by atoms with E-state index in [2.05, 4.69) is 16.2 Å². The molecular formula is C21H17N5. The van der Waals surface area contributed by atoms with Gasteiger partial charge in [0.25, 0.3) is 0 Å². The SMILES string of the molecule is N#Cc1ccc2c(cnn2-c2ccccc2[C@@H](N)Cc2ccccn2)c1. The van der Waals surface area contributed by atoms with E-state index in [0.717, 1.165) is 27.8 Å². The number of para-hydroxylation sites is 1. The molecule has 0 fully saturated rings. The van der Waals surface area contributed by atoms with Gasteiger partial charge >= 0.3 is 0 Å². The third-order valence-electron chi connectivity index (χ3n) is 4.42. The van der Waals surface area contributed by atoms with Crippen LogP contribution in [-0.2, 0) is 6.42 Å². The van der Waals surface area contributed by atoms with Gasteiger partial charge in [0.15, 0.2) is 0 Å². The smallest absolute Gasteiger partial charge is 0.0991 e. The van der Waals surface area contributed by atoms with Crippen LogP contribution in [0.2, 0.25) is 0 Å². The van der Waals surface area contributed by atoms with E-state index in [1.807, 2.05) is 59.3 Å². The molecule has 0 aliphatic heterocycles. The summed E-state index contributed by atoms with van der Waals surface area (Å²) in [6.45, 7) is 0. The first-order chi connectivity index (χ1) is 12.8. The summed E-state index contributed by atoms with van der Waals surface area (Å²) >= 11 is 0. The minimum absolute atomic E-state index is 0.196. The van der Waals surface area contributed by atoms with Crippen molar-refractivity contribution in [1.29, 1.82) is 5.26 Å². The van der Waals surface area contributed by atoms with Gasteiger partial charge < -0.3 is 5.73 Å². The molecule has 0 radical (unpaired) electrons. The molecule has 0 saturated heterocycles. The first-order valence-electron chi connectivity index (χ1n) is 8.39. The highest BCUT2D eigenvalue weighted by atomic mass is 15.3. The minimum atomic E-state index is -0.196. The van der Waals surface area contributed by atoms with Gasteiger partial charge in [-0.25, -0.2) is 4.68 Å². The molecule has 1 atom stereocenters. The van der Waals surface area contributed by atoms with Crippen molar-refractivity contribution in [2.24, 2.45) is 5.73 Å². The van der Waals surface area contributed by atoms with Gasteiger partial charge in [0.1, 0.15) is 0 Å². The highest BCUT2D eigenvalue weighted by Gasteiger charge is 2.15. The molecule has 0 bridgehead atoms. The normalized spacial score (nSPS) is 12.0. The van der Waals surface area contributed by atoms with E-state index in [9.17, 15) is 0 Å². The lowest BCUT2D eigenvalue weighted by Crippen LogP contribution is -2.17. The van der Waals surface area contributed by atoms with E-state index in [-0.39, 0.29) is 6.04 Å². The van der Waals surface area contributed by atoms with Gasteiger partial charge in [-0.05, 0) is 42.0 Å². The molecule has 5 nitrogen and oxygen atoms in total. The Kier molecular flexibility index (Phi) is 4.18. The van der Waals surface area contributed by atoms with Crippen LogP contribution in [0.15, 0.2) is 73.1 Å². The van der Waals surface area contributed by atoms with Crippen LogP contribution in [-0.4, -0.2) is 14.8 Å². The number of nitrogens with two attached hydrogens (primary N) is 1. The molecule has 2 N–H and O–H groups in total. The second-order valence-corrected chi connectivity index (χ2v) is 6.13. The van der Waals surface area contributed by atoms with Crippen molar-refractivity contribution in [3.63, 3.8) is 0 Å². The summed E-state index contributed by atoms with van der Waals surface area (Å²) in [5.74, 6) is 0. The Balaban J connectivity index is 1.76. The lowest BCUT2D eigenvalue weighted by Gasteiger charge is -2.17. The summed E-state index contributed by atoms with van der Waals surface area (Å²) < 4.78 is 1.88. The average molecular weight is 339 g/mol. The van der Waals surface area contributed by atoms with E-state index >= 15 is 0 Å². The molecular weight excluding hydrogens is 322 g/mol. The second kappa shape index (κ2) is 6.79. The van der Waals surface area contributed by atoms with E-state index in [4.69, 9.17) is 11.0 Å². The zero-order valence-electron chi connectivity index (χ0n) is 14.1. The molecule has 4 rings (SSSR count). The monoisotopic (exact) mass is 339 g/mol. The lowest BCUT2D eigenvalue weighted by atomic mass is 10.0. The number of benzene rings is 2. The number of nitrogens with zero attached hydrogens (tertiary/aromatic N) is 4. The van der Waals surface area contributed by atoms with Crippen LogP contribution in [0.1, 0.15) is 22.9 Å². The van der Waals surface area contributed by atoms with E-state index in [1.54, 1.807) is 18.5 Å². The van der Waals surface area contributed by atoms with Gasteiger partial charge in [-0.1, -0.05) is 24.3 Å². The number of aromatic nitrogens is 3. The summed E-state index contributed by atoms with van der Waals surface area (Å²) in [5, 5.41) is 14.5. The number of nitriles is 1. The van der Waals surface area contributed by atoms with Crippen LogP contribution >= 0.6 is 0 Å². The fraction of sp³-hybridized carbons (Fsp3) is 0.0952. The van der Waals surface area contributed by atoms with Crippen LogP contribution < -0.4 is 5.73 Å². The number of rotatable bonds is 4. The van der Waals surface area contributed by atoms with E-state index < -0.39 is 0 Å². The lowest BCUT2D eigenvalue weighted by molar-refractivity contribution is 0.696. The quantitative estimate of drug-likeness (QED) is 0.617. The number of hydrogen-bond acceptors (Lipinski definition) is 4. The van der Waals surface area contributed by atoms with Crippen molar-refractivity contribution in [2.75, 3.05) is 0 Å². The Morgan fingerprint density at radius 3 is 2.73 bits per heavy atom. The zero-order chi connectivity index (χ0) is 17.9. The first-order valence-corrected chi connectivity index (χ1v) is 8.39. The van der Waals surface area contributed by atoms with Crippen molar-refractivity contribution in [3.8, 4) is 11.8 Å². The Bertz CT molecular complexity index is 1090. The predicted molar refractivity (Wildman–Crippen MR) is 101 cm³/mol. The van der Waals surface area contributed by atoms with Gasteiger partial charge in [0, 0.05) is 29.7 Å². The number of pyridine rings is 1. The molecule has 0 amide bonds. The summed E-state index contributed by atoms with van der Waals surface area (Å²) in [5.41, 5.74) is 11.0. The van der Waals surface area contributed by atoms with Crippen molar-refractivity contribution < 1.29 is 0 Å². The molecule has 0 saturated carbocycles. The standard InChI is InChI=1S/C21H17N5/c22-13-15-8-9-20-16(11-15)14-25-26(20)21-7-2-1-6-18(21)19(23)12-17-5-3-4-10-24-17/h1-11,14,19H,12,23H2/t19-/m0/s1. The molecule has 4 aromatic rings. The fourth-order valence-corrected chi connectivity index (χ4v) is 3.14. The Hall–Kier alpha value is -3.49. The van der Waals surface area contributed by atoms with Crippen LogP contribution in [0.4, 0.5) is 0 Å². The molecule has 0 unspecified atom stereocenters. The van der Waals surface area contributed by atoms with Crippen molar-refractivity contribution in [2.45, 2.75) is 12.5 Å². The average Bonchev–Trinajstić information content (AvgIpc) is 3.11. The minimum Gasteiger partial charge on any atom is -0.324 e. The fourth-order valence-electron chi connectivity index (χ4n) is 3.14. The largest absolute Gasteiger partial charge is 0.324 e. The molecule has 0 aliphatic carbocycles. The third-order valence-corrected chi connectivity index (χ3v) is 4.42. The first kappa shape index (κ1) is 16.0. The van der Waals surface area contributed by atoms with E-state index in [1.165, 1.54) is 0 Å². The van der Waals surface area contributed by atoms with Gasteiger partial charge in [0.2, 0.25) is 0 Å². The van der Waals surface area contributed by atoms with Crippen molar-refractivity contribution in [1.82, 2.24) is 14.8 Å². The highest BCUT2D eigenvalue weighted by molar-refractivity contribution is 5.82. The maximum absolute atomic E-state index is 9.08. The van der Waals surface area contributed by atoms with Gasteiger partial charge in [-0.15, -0.1) is 0 Å². The van der Waals surface area contributed by atoms with Gasteiger partial charge in [-0.2, -0.15) is 10.4 Å². The van der Waals surface area contributed by atoms with E-state index in [0.29, 0.717) is 12.0 Å². The Labute approximate surface area is 151 Å².